The molecule has 2 rings (SSSR count). The molecule has 1 fully saturated rings. The number of nitrogens with zero attached hydrogens (tertiary/aromatic N) is 1. The molecule has 0 bridgehead atoms. The SMILES string of the molecule is CCNCc1c(Cl)cccc1N1CCC(C)(C)CC1. The Hall–Kier alpha value is -0.730. The number of rotatable bonds is 4. The van der Waals surface area contributed by atoms with E-state index >= 15 is 0 Å². The number of benzene rings is 1. The van der Waals surface area contributed by atoms with Crippen molar-refractivity contribution in [2.75, 3.05) is 24.5 Å². The zero-order valence-corrected chi connectivity index (χ0v) is 13.1. The molecule has 0 radical (unpaired) electrons. The minimum atomic E-state index is 0.483. The lowest BCUT2D eigenvalue weighted by Crippen LogP contribution is -2.38. The van der Waals surface area contributed by atoms with Gasteiger partial charge in [0.15, 0.2) is 0 Å². The van der Waals surface area contributed by atoms with E-state index in [1.165, 1.54) is 24.1 Å². The first-order chi connectivity index (χ1) is 9.03. The maximum atomic E-state index is 6.37. The smallest absolute Gasteiger partial charge is 0.0471 e. The Labute approximate surface area is 122 Å². The Morgan fingerprint density at radius 2 is 1.95 bits per heavy atom. The van der Waals surface area contributed by atoms with Crippen LogP contribution in [0, 0.1) is 5.41 Å². The van der Waals surface area contributed by atoms with Crippen LogP contribution in [0.5, 0.6) is 0 Å². The molecule has 1 aromatic carbocycles. The number of hydrogen-bond acceptors (Lipinski definition) is 2. The van der Waals surface area contributed by atoms with E-state index in [9.17, 15) is 0 Å². The van der Waals surface area contributed by atoms with Gasteiger partial charge in [-0.1, -0.05) is 38.4 Å². The Bertz CT molecular complexity index is 419. The van der Waals surface area contributed by atoms with Gasteiger partial charge in [-0.05, 0) is 36.9 Å². The number of hydrogen-bond donors (Lipinski definition) is 1. The molecule has 1 aliphatic heterocycles. The maximum absolute atomic E-state index is 6.37. The molecule has 0 atom stereocenters. The second kappa shape index (κ2) is 6.15. The molecule has 0 aromatic heterocycles. The van der Waals surface area contributed by atoms with Gasteiger partial charge in [-0.15, -0.1) is 0 Å². The van der Waals surface area contributed by atoms with E-state index in [-0.39, 0.29) is 0 Å². The lowest BCUT2D eigenvalue weighted by molar-refractivity contribution is 0.279. The molecule has 0 unspecified atom stereocenters. The van der Waals surface area contributed by atoms with Gasteiger partial charge in [0, 0.05) is 35.9 Å². The van der Waals surface area contributed by atoms with Crippen LogP contribution in [0.1, 0.15) is 39.2 Å². The van der Waals surface area contributed by atoms with Gasteiger partial charge >= 0.3 is 0 Å². The largest absolute Gasteiger partial charge is 0.371 e. The highest BCUT2D eigenvalue weighted by molar-refractivity contribution is 6.31. The summed E-state index contributed by atoms with van der Waals surface area (Å²) in [6.45, 7) is 10.9. The normalized spacial score (nSPS) is 18.6. The van der Waals surface area contributed by atoms with Crippen molar-refractivity contribution in [1.29, 1.82) is 0 Å². The Morgan fingerprint density at radius 3 is 2.58 bits per heavy atom. The molecule has 1 N–H and O–H groups in total. The predicted octanol–water partition coefficient (Wildman–Crippen LogP) is 4.08. The minimum Gasteiger partial charge on any atom is -0.371 e. The number of halogens is 1. The topological polar surface area (TPSA) is 15.3 Å². The molecule has 19 heavy (non-hydrogen) atoms. The molecule has 1 saturated heterocycles. The molecule has 2 nitrogen and oxygen atoms in total. The van der Waals surface area contributed by atoms with E-state index in [1.807, 2.05) is 6.07 Å². The third-order valence-electron chi connectivity index (χ3n) is 4.10. The summed E-state index contributed by atoms with van der Waals surface area (Å²) in [5.41, 5.74) is 3.03. The van der Waals surface area contributed by atoms with E-state index in [4.69, 9.17) is 11.6 Å². The fraction of sp³-hybridized carbons (Fsp3) is 0.625. The van der Waals surface area contributed by atoms with Crippen LogP contribution in [-0.2, 0) is 6.54 Å². The third kappa shape index (κ3) is 3.64. The van der Waals surface area contributed by atoms with E-state index < -0.39 is 0 Å². The Morgan fingerprint density at radius 1 is 1.26 bits per heavy atom. The van der Waals surface area contributed by atoms with Crippen molar-refractivity contribution < 1.29 is 0 Å². The molecule has 1 aromatic rings. The van der Waals surface area contributed by atoms with Crippen molar-refractivity contribution >= 4 is 17.3 Å². The summed E-state index contributed by atoms with van der Waals surface area (Å²) in [5.74, 6) is 0. The molecule has 106 valence electrons. The average Bonchev–Trinajstić information content (AvgIpc) is 2.37. The van der Waals surface area contributed by atoms with Crippen LogP contribution in [0.25, 0.3) is 0 Å². The van der Waals surface area contributed by atoms with Crippen LogP contribution in [0.2, 0.25) is 5.02 Å². The molecule has 0 spiro atoms. The highest BCUT2D eigenvalue weighted by Crippen LogP contribution is 2.35. The van der Waals surface area contributed by atoms with E-state index in [1.54, 1.807) is 0 Å². The molecule has 1 aliphatic rings. The quantitative estimate of drug-likeness (QED) is 0.894. The van der Waals surface area contributed by atoms with Crippen LogP contribution in [0.4, 0.5) is 5.69 Å². The summed E-state index contributed by atoms with van der Waals surface area (Å²) >= 11 is 6.37. The van der Waals surface area contributed by atoms with Crippen molar-refractivity contribution in [2.24, 2.45) is 5.41 Å². The van der Waals surface area contributed by atoms with Gasteiger partial charge in [0.1, 0.15) is 0 Å². The monoisotopic (exact) mass is 280 g/mol. The van der Waals surface area contributed by atoms with Crippen LogP contribution in [0.15, 0.2) is 18.2 Å². The fourth-order valence-corrected chi connectivity index (χ4v) is 2.86. The zero-order chi connectivity index (χ0) is 13.9. The zero-order valence-electron chi connectivity index (χ0n) is 12.3. The molecular weight excluding hydrogens is 256 g/mol. The fourth-order valence-electron chi connectivity index (χ4n) is 2.62. The number of nitrogens with one attached hydrogen (secondary N) is 1. The molecule has 0 aliphatic carbocycles. The van der Waals surface area contributed by atoms with Crippen LogP contribution < -0.4 is 10.2 Å². The van der Waals surface area contributed by atoms with Gasteiger partial charge in [-0.2, -0.15) is 0 Å². The summed E-state index contributed by atoms with van der Waals surface area (Å²) in [4.78, 5) is 2.49. The summed E-state index contributed by atoms with van der Waals surface area (Å²) in [6, 6.07) is 6.26. The van der Waals surface area contributed by atoms with Crippen LogP contribution in [-0.4, -0.2) is 19.6 Å². The van der Waals surface area contributed by atoms with Gasteiger partial charge in [0.05, 0.1) is 0 Å². The van der Waals surface area contributed by atoms with E-state index in [2.05, 4.69) is 43.1 Å². The molecular formula is C16H25ClN2. The lowest BCUT2D eigenvalue weighted by atomic mass is 9.82. The Balaban J connectivity index is 2.17. The van der Waals surface area contributed by atoms with Gasteiger partial charge in [0.25, 0.3) is 0 Å². The average molecular weight is 281 g/mol. The Kier molecular flexibility index (Phi) is 4.75. The predicted molar refractivity (Wildman–Crippen MR) is 84.1 cm³/mol. The second-order valence-corrected chi connectivity index (χ2v) is 6.58. The van der Waals surface area contributed by atoms with Crippen molar-refractivity contribution in [1.82, 2.24) is 5.32 Å². The van der Waals surface area contributed by atoms with Crippen molar-refractivity contribution in [3.05, 3.63) is 28.8 Å². The lowest BCUT2D eigenvalue weighted by Gasteiger charge is -2.39. The first kappa shape index (κ1) is 14.7. The third-order valence-corrected chi connectivity index (χ3v) is 4.46. The van der Waals surface area contributed by atoms with E-state index in [0.717, 1.165) is 31.2 Å². The van der Waals surface area contributed by atoms with Crippen LogP contribution in [0.3, 0.4) is 0 Å². The van der Waals surface area contributed by atoms with Gasteiger partial charge < -0.3 is 10.2 Å². The summed E-state index contributed by atoms with van der Waals surface area (Å²) in [5, 5.41) is 4.27. The first-order valence-corrected chi connectivity index (χ1v) is 7.64. The van der Waals surface area contributed by atoms with Gasteiger partial charge in [0.2, 0.25) is 0 Å². The molecule has 3 heteroatoms. The summed E-state index contributed by atoms with van der Waals surface area (Å²) in [7, 11) is 0. The van der Waals surface area contributed by atoms with Crippen LogP contribution >= 0.6 is 11.6 Å². The molecule has 0 amide bonds. The van der Waals surface area contributed by atoms with Crippen molar-refractivity contribution in [3.8, 4) is 0 Å². The highest BCUT2D eigenvalue weighted by atomic mass is 35.5. The molecule has 1 heterocycles. The van der Waals surface area contributed by atoms with Gasteiger partial charge in [-0.3, -0.25) is 0 Å². The van der Waals surface area contributed by atoms with Gasteiger partial charge in [-0.25, -0.2) is 0 Å². The first-order valence-electron chi connectivity index (χ1n) is 7.26. The highest BCUT2D eigenvalue weighted by Gasteiger charge is 2.26. The second-order valence-electron chi connectivity index (χ2n) is 6.17. The minimum absolute atomic E-state index is 0.483. The molecule has 0 saturated carbocycles. The van der Waals surface area contributed by atoms with Crippen molar-refractivity contribution in [2.45, 2.75) is 40.2 Å². The standard InChI is InChI=1S/C16H25ClN2/c1-4-18-12-13-14(17)6-5-7-15(13)19-10-8-16(2,3)9-11-19/h5-7,18H,4,8-12H2,1-3H3. The van der Waals surface area contributed by atoms with Crippen molar-refractivity contribution in [3.63, 3.8) is 0 Å². The number of piperidine rings is 1. The summed E-state index contributed by atoms with van der Waals surface area (Å²) in [6.07, 6.45) is 2.50. The number of anilines is 1. The maximum Gasteiger partial charge on any atom is 0.0471 e. The summed E-state index contributed by atoms with van der Waals surface area (Å²) < 4.78 is 0. The van der Waals surface area contributed by atoms with E-state index in [0.29, 0.717) is 5.41 Å².